The number of hydrogen-bond acceptors (Lipinski definition) is 2. The number of aromatic nitrogens is 1. The lowest BCUT2D eigenvalue weighted by Gasteiger charge is -2.32. The summed E-state index contributed by atoms with van der Waals surface area (Å²) in [6.07, 6.45) is -0.951. The van der Waals surface area contributed by atoms with Crippen molar-refractivity contribution in [2.75, 3.05) is 18.0 Å². The number of halogens is 3. The van der Waals surface area contributed by atoms with Gasteiger partial charge in [-0.05, 0) is 30.9 Å². The highest BCUT2D eigenvalue weighted by Gasteiger charge is 2.33. The van der Waals surface area contributed by atoms with E-state index >= 15 is 0 Å². The summed E-state index contributed by atoms with van der Waals surface area (Å²) < 4.78 is 37.6. The van der Waals surface area contributed by atoms with E-state index in [1.807, 2.05) is 4.90 Å². The van der Waals surface area contributed by atoms with Gasteiger partial charge in [0.2, 0.25) is 0 Å². The van der Waals surface area contributed by atoms with Gasteiger partial charge < -0.3 is 4.90 Å². The topological polar surface area (TPSA) is 16.1 Å². The van der Waals surface area contributed by atoms with Gasteiger partial charge in [0.1, 0.15) is 5.69 Å². The van der Waals surface area contributed by atoms with Crippen molar-refractivity contribution in [3.8, 4) is 0 Å². The molecule has 5 heteroatoms. The van der Waals surface area contributed by atoms with Crippen molar-refractivity contribution in [2.24, 2.45) is 5.92 Å². The number of pyridine rings is 1. The minimum Gasteiger partial charge on any atom is -0.371 e. The highest BCUT2D eigenvalue weighted by atomic mass is 19.4. The molecular weight excluding hydrogens is 229 g/mol. The molecule has 0 N–H and O–H groups in total. The molecule has 1 aromatic heterocycles. The molecule has 2 rings (SSSR count). The quantitative estimate of drug-likeness (QED) is 0.753. The molecule has 2 nitrogen and oxygen atoms in total. The van der Waals surface area contributed by atoms with Crippen molar-refractivity contribution < 1.29 is 13.2 Å². The molecule has 1 unspecified atom stereocenters. The van der Waals surface area contributed by atoms with Crippen LogP contribution in [0.5, 0.6) is 0 Å². The summed E-state index contributed by atoms with van der Waals surface area (Å²) in [4.78, 5) is 5.38. The number of anilines is 1. The van der Waals surface area contributed by atoms with Crippen LogP contribution in [-0.2, 0) is 6.18 Å². The zero-order valence-corrected chi connectivity index (χ0v) is 9.67. The molecule has 0 aromatic carbocycles. The van der Waals surface area contributed by atoms with Crippen LogP contribution < -0.4 is 4.90 Å². The van der Waals surface area contributed by atoms with Gasteiger partial charge in [-0.1, -0.05) is 6.92 Å². The second kappa shape index (κ2) is 4.55. The Bertz CT molecular complexity index is 390. The Balaban J connectivity index is 2.21. The SMILES string of the molecule is CC1CCCN(c2ccnc(C(F)(F)F)c2)C1. The molecule has 1 aliphatic heterocycles. The zero-order valence-electron chi connectivity index (χ0n) is 9.67. The number of piperidine rings is 1. The number of alkyl halides is 3. The third-order valence-corrected chi connectivity index (χ3v) is 3.06. The van der Waals surface area contributed by atoms with Crippen molar-refractivity contribution in [1.82, 2.24) is 4.98 Å². The van der Waals surface area contributed by atoms with Crippen molar-refractivity contribution in [1.29, 1.82) is 0 Å². The number of hydrogen-bond donors (Lipinski definition) is 0. The van der Waals surface area contributed by atoms with Gasteiger partial charge in [-0.2, -0.15) is 13.2 Å². The number of nitrogens with zero attached hydrogens (tertiary/aromatic N) is 2. The average molecular weight is 244 g/mol. The Kier molecular flexibility index (Phi) is 3.26. The molecule has 2 heterocycles. The summed E-state index contributed by atoms with van der Waals surface area (Å²) in [6.45, 7) is 3.77. The summed E-state index contributed by atoms with van der Waals surface area (Å²) in [5.74, 6) is 0.534. The van der Waals surface area contributed by atoms with Crippen LogP contribution >= 0.6 is 0 Å². The predicted molar refractivity (Wildman–Crippen MR) is 59.9 cm³/mol. The van der Waals surface area contributed by atoms with Gasteiger partial charge in [-0.15, -0.1) is 0 Å². The standard InChI is InChI=1S/C12H15F3N2/c1-9-3-2-6-17(8-9)10-4-5-16-11(7-10)12(13,14)15/h4-5,7,9H,2-3,6,8H2,1H3. The fraction of sp³-hybridized carbons (Fsp3) is 0.583. The van der Waals surface area contributed by atoms with Crippen LogP contribution in [0.25, 0.3) is 0 Å². The van der Waals surface area contributed by atoms with Gasteiger partial charge >= 0.3 is 6.18 Å². The Morgan fingerprint density at radius 3 is 2.82 bits per heavy atom. The minimum atomic E-state index is -4.36. The Labute approximate surface area is 98.5 Å². The van der Waals surface area contributed by atoms with Crippen LogP contribution in [0.4, 0.5) is 18.9 Å². The first-order valence-electron chi connectivity index (χ1n) is 5.75. The molecule has 1 atom stereocenters. The van der Waals surface area contributed by atoms with Crippen LogP contribution in [0.3, 0.4) is 0 Å². The van der Waals surface area contributed by atoms with Crippen molar-refractivity contribution in [2.45, 2.75) is 25.9 Å². The molecule has 17 heavy (non-hydrogen) atoms. The maximum Gasteiger partial charge on any atom is 0.433 e. The lowest BCUT2D eigenvalue weighted by atomic mass is 10.00. The third kappa shape index (κ3) is 2.90. The van der Waals surface area contributed by atoms with E-state index in [1.54, 1.807) is 6.07 Å². The first kappa shape index (κ1) is 12.2. The van der Waals surface area contributed by atoms with E-state index in [2.05, 4.69) is 11.9 Å². The Morgan fingerprint density at radius 1 is 1.41 bits per heavy atom. The molecule has 0 radical (unpaired) electrons. The monoisotopic (exact) mass is 244 g/mol. The van der Waals surface area contributed by atoms with Crippen LogP contribution in [0.2, 0.25) is 0 Å². The molecule has 0 bridgehead atoms. The fourth-order valence-electron chi connectivity index (χ4n) is 2.20. The summed E-state index contributed by atoms with van der Waals surface area (Å²) in [6, 6.07) is 2.78. The van der Waals surface area contributed by atoms with Gasteiger partial charge in [0.05, 0.1) is 0 Å². The summed E-state index contributed by atoms with van der Waals surface area (Å²) in [5.41, 5.74) is -0.188. The van der Waals surface area contributed by atoms with E-state index in [-0.39, 0.29) is 0 Å². The predicted octanol–water partition coefficient (Wildman–Crippen LogP) is 3.34. The summed E-state index contributed by atoms with van der Waals surface area (Å²) >= 11 is 0. The van der Waals surface area contributed by atoms with Gasteiger partial charge in [-0.3, -0.25) is 4.98 Å². The summed E-state index contributed by atoms with van der Waals surface area (Å²) in [7, 11) is 0. The van der Waals surface area contributed by atoms with E-state index in [4.69, 9.17) is 0 Å². The molecule has 1 aliphatic rings. The zero-order chi connectivity index (χ0) is 12.5. The fourth-order valence-corrected chi connectivity index (χ4v) is 2.20. The molecule has 0 aliphatic carbocycles. The molecule has 0 spiro atoms. The molecule has 1 fully saturated rings. The second-order valence-electron chi connectivity index (χ2n) is 4.59. The molecule has 94 valence electrons. The molecular formula is C12H15F3N2. The Hall–Kier alpha value is -1.26. The first-order valence-corrected chi connectivity index (χ1v) is 5.75. The van der Waals surface area contributed by atoms with Crippen LogP contribution in [0.1, 0.15) is 25.5 Å². The minimum absolute atomic E-state index is 0.534. The van der Waals surface area contributed by atoms with E-state index in [9.17, 15) is 13.2 Å². The van der Waals surface area contributed by atoms with Crippen LogP contribution in [0.15, 0.2) is 18.3 Å². The molecule has 0 saturated carbocycles. The van der Waals surface area contributed by atoms with Crippen molar-refractivity contribution >= 4 is 5.69 Å². The van der Waals surface area contributed by atoms with Gasteiger partial charge in [0.15, 0.2) is 0 Å². The normalized spacial score (nSPS) is 21.6. The Morgan fingerprint density at radius 2 is 2.18 bits per heavy atom. The lowest BCUT2D eigenvalue weighted by molar-refractivity contribution is -0.141. The van der Waals surface area contributed by atoms with Gasteiger partial charge in [0.25, 0.3) is 0 Å². The maximum atomic E-state index is 12.5. The highest BCUT2D eigenvalue weighted by Crippen LogP contribution is 2.31. The van der Waals surface area contributed by atoms with Crippen LogP contribution in [-0.4, -0.2) is 18.1 Å². The molecule has 1 saturated heterocycles. The van der Waals surface area contributed by atoms with E-state index in [0.717, 1.165) is 32.0 Å². The third-order valence-electron chi connectivity index (χ3n) is 3.06. The van der Waals surface area contributed by atoms with Crippen molar-refractivity contribution in [3.05, 3.63) is 24.0 Å². The molecule has 1 aromatic rings. The lowest BCUT2D eigenvalue weighted by Crippen LogP contribution is -2.34. The van der Waals surface area contributed by atoms with E-state index in [0.29, 0.717) is 11.6 Å². The van der Waals surface area contributed by atoms with Gasteiger partial charge in [0, 0.05) is 25.0 Å². The van der Waals surface area contributed by atoms with E-state index in [1.165, 1.54) is 6.20 Å². The van der Waals surface area contributed by atoms with Gasteiger partial charge in [-0.25, -0.2) is 0 Å². The summed E-state index contributed by atoms with van der Waals surface area (Å²) in [5, 5.41) is 0. The first-order chi connectivity index (χ1) is 7.97. The second-order valence-corrected chi connectivity index (χ2v) is 4.59. The van der Waals surface area contributed by atoms with Crippen LogP contribution in [0, 0.1) is 5.92 Å². The van der Waals surface area contributed by atoms with Crippen molar-refractivity contribution in [3.63, 3.8) is 0 Å². The van der Waals surface area contributed by atoms with E-state index < -0.39 is 11.9 Å². The smallest absolute Gasteiger partial charge is 0.371 e. The molecule has 0 amide bonds. The highest BCUT2D eigenvalue weighted by molar-refractivity contribution is 5.47. The number of rotatable bonds is 1. The largest absolute Gasteiger partial charge is 0.433 e. The average Bonchev–Trinajstić information content (AvgIpc) is 2.28. The maximum absolute atomic E-state index is 12.5.